The molecule has 0 saturated heterocycles. The van der Waals surface area contributed by atoms with E-state index in [1.54, 1.807) is 0 Å². The summed E-state index contributed by atoms with van der Waals surface area (Å²) in [5.41, 5.74) is -1.87. The van der Waals surface area contributed by atoms with E-state index in [0.29, 0.717) is 0 Å². The molecule has 0 aliphatic rings. The predicted octanol–water partition coefficient (Wildman–Crippen LogP) is 3.64. The van der Waals surface area contributed by atoms with Gasteiger partial charge in [-0.05, 0) is 12.1 Å². The lowest BCUT2D eigenvalue weighted by Gasteiger charge is -2.13. The molecule has 1 rings (SSSR count). The molecule has 0 atom stereocenters. The van der Waals surface area contributed by atoms with Crippen LogP contribution in [0, 0.1) is 0 Å². The number of aromatic hydroxyl groups is 1. The van der Waals surface area contributed by atoms with Crippen molar-refractivity contribution in [1.29, 1.82) is 0 Å². The highest BCUT2D eigenvalue weighted by molar-refractivity contribution is 9.09. The number of halogens is 5. The number of phenolic OH excluding ortho intramolecular Hbond substituents is 1. The average Bonchev–Trinajstić information content (AvgIpc) is 2.18. The van der Waals surface area contributed by atoms with Crippen LogP contribution in [0.3, 0.4) is 0 Å². The molecule has 0 bridgehead atoms. The van der Waals surface area contributed by atoms with Crippen LogP contribution >= 0.6 is 27.5 Å². The SMILES string of the molecule is O=C(CBr)c1ccc(O)c(Cl)c1C(F)(F)F. The summed E-state index contributed by atoms with van der Waals surface area (Å²) >= 11 is 8.12. The molecule has 1 aromatic carbocycles. The van der Waals surface area contributed by atoms with Crippen LogP contribution < -0.4 is 0 Å². The maximum atomic E-state index is 12.6. The topological polar surface area (TPSA) is 37.3 Å². The molecule has 0 aromatic heterocycles. The van der Waals surface area contributed by atoms with Gasteiger partial charge in [-0.25, -0.2) is 0 Å². The van der Waals surface area contributed by atoms with Crippen molar-refractivity contribution in [2.75, 3.05) is 5.33 Å². The van der Waals surface area contributed by atoms with Crippen molar-refractivity contribution in [3.8, 4) is 5.75 Å². The largest absolute Gasteiger partial charge is 0.506 e. The summed E-state index contributed by atoms with van der Waals surface area (Å²) in [5.74, 6) is -1.46. The molecule has 2 nitrogen and oxygen atoms in total. The van der Waals surface area contributed by atoms with Crippen LogP contribution in [0.25, 0.3) is 0 Å². The van der Waals surface area contributed by atoms with E-state index in [-0.39, 0.29) is 5.33 Å². The van der Waals surface area contributed by atoms with E-state index in [9.17, 15) is 18.0 Å². The maximum Gasteiger partial charge on any atom is 0.418 e. The van der Waals surface area contributed by atoms with Crippen LogP contribution in [0.5, 0.6) is 5.75 Å². The van der Waals surface area contributed by atoms with Crippen molar-refractivity contribution in [1.82, 2.24) is 0 Å². The molecule has 1 aromatic rings. The third kappa shape index (κ3) is 2.49. The molecule has 0 heterocycles. The number of carbonyl (C=O) groups excluding carboxylic acids is 1. The molecule has 0 spiro atoms. The van der Waals surface area contributed by atoms with E-state index in [0.717, 1.165) is 12.1 Å². The maximum absolute atomic E-state index is 12.6. The molecule has 7 heteroatoms. The van der Waals surface area contributed by atoms with E-state index in [1.165, 1.54) is 0 Å². The van der Waals surface area contributed by atoms with Crippen molar-refractivity contribution in [2.45, 2.75) is 6.18 Å². The molecule has 16 heavy (non-hydrogen) atoms. The monoisotopic (exact) mass is 316 g/mol. The Morgan fingerprint density at radius 3 is 2.44 bits per heavy atom. The van der Waals surface area contributed by atoms with Crippen LogP contribution in [0.15, 0.2) is 12.1 Å². The van der Waals surface area contributed by atoms with Gasteiger partial charge in [0.05, 0.1) is 15.9 Å². The van der Waals surface area contributed by atoms with Crippen molar-refractivity contribution in [3.05, 3.63) is 28.3 Å². The molecule has 0 radical (unpaired) electrons. The molecule has 0 saturated carbocycles. The first-order valence-corrected chi connectivity index (χ1v) is 5.46. The number of hydrogen-bond acceptors (Lipinski definition) is 2. The van der Waals surface area contributed by atoms with Gasteiger partial charge in [-0.1, -0.05) is 27.5 Å². The Kier molecular flexibility index (Phi) is 3.85. The summed E-state index contributed by atoms with van der Waals surface area (Å²) in [6.45, 7) is 0. The average molecular weight is 317 g/mol. The van der Waals surface area contributed by atoms with Gasteiger partial charge in [0.25, 0.3) is 0 Å². The Balaban J connectivity index is 3.52. The third-order valence-electron chi connectivity index (χ3n) is 1.83. The second kappa shape index (κ2) is 4.63. The fourth-order valence-corrected chi connectivity index (χ4v) is 1.72. The Bertz CT molecular complexity index is 431. The highest BCUT2D eigenvalue weighted by atomic mass is 79.9. The number of rotatable bonds is 2. The van der Waals surface area contributed by atoms with Gasteiger partial charge in [0.1, 0.15) is 5.75 Å². The van der Waals surface area contributed by atoms with Gasteiger partial charge >= 0.3 is 6.18 Å². The van der Waals surface area contributed by atoms with Gasteiger partial charge in [0.15, 0.2) is 5.78 Å². The summed E-state index contributed by atoms with van der Waals surface area (Å²) in [5, 5.41) is 7.97. The smallest absolute Gasteiger partial charge is 0.418 e. The van der Waals surface area contributed by atoms with E-state index >= 15 is 0 Å². The third-order valence-corrected chi connectivity index (χ3v) is 2.72. The molecular formula is C9H5BrClF3O2. The minimum atomic E-state index is -4.79. The minimum absolute atomic E-state index is 0.253. The minimum Gasteiger partial charge on any atom is -0.506 e. The summed E-state index contributed by atoms with van der Waals surface area (Å²) in [4.78, 5) is 11.3. The van der Waals surface area contributed by atoms with Crippen LogP contribution in [0.1, 0.15) is 15.9 Å². The first-order chi connectivity index (χ1) is 7.29. The van der Waals surface area contributed by atoms with E-state index in [2.05, 4.69) is 15.9 Å². The lowest BCUT2D eigenvalue weighted by molar-refractivity contribution is -0.137. The van der Waals surface area contributed by atoms with E-state index in [1.807, 2.05) is 0 Å². The number of benzene rings is 1. The second-order valence-corrected chi connectivity index (χ2v) is 3.81. The van der Waals surface area contributed by atoms with Crippen molar-refractivity contribution in [2.24, 2.45) is 0 Å². The first kappa shape index (κ1) is 13.3. The van der Waals surface area contributed by atoms with Gasteiger partial charge in [-0.3, -0.25) is 4.79 Å². The molecule has 0 aliphatic heterocycles. The van der Waals surface area contributed by atoms with Crippen molar-refractivity contribution in [3.63, 3.8) is 0 Å². The quantitative estimate of drug-likeness (QED) is 0.668. The van der Waals surface area contributed by atoms with Crippen LogP contribution in [0.4, 0.5) is 13.2 Å². The highest BCUT2D eigenvalue weighted by Gasteiger charge is 2.38. The second-order valence-electron chi connectivity index (χ2n) is 2.88. The normalized spacial score (nSPS) is 11.6. The Labute approximate surface area is 102 Å². The molecule has 0 unspecified atom stereocenters. The zero-order chi connectivity index (χ0) is 12.5. The Hall–Kier alpha value is -0.750. The Morgan fingerprint density at radius 1 is 1.44 bits per heavy atom. The fraction of sp³-hybridized carbons (Fsp3) is 0.222. The van der Waals surface area contributed by atoms with Crippen molar-refractivity contribution < 1.29 is 23.1 Å². The highest BCUT2D eigenvalue weighted by Crippen LogP contribution is 2.41. The lowest BCUT2D eigenvalue weighted by Crippen LogP contribution is -2.14. The standard InChI is InChI=1S/C9H5BrClF3O2/c10-3-6(16)4-1-2-5(15)8(11)7(4)9(12,13)14/h1-2,15H,3H2. The van der Waals surface area contributed by atoms with Crippen LogP contribution in [-0.2, 0) is 6.18 Å². The molecule has 0 aliphatic carbocycles. The van der Waals surface area contributed by atoms with E-state index < -0.39 is 33.9 Å². The molecule has 88 valence electrons. The van der Waals surface area contributed by atoms with Crippen LogP contribution in [-0.4, -0.2) is 16.2 Å². The van der Waals surface area contributed by atoms with Crippen LogP contribution in [0.2, 0.25) is 5.02 Å². The van der Waals surface area contributed by atoms with Gasteiger partial charge in [-0.15, -0.1) is 0 Å². The van der Waals surface area contributed by atoms with E-state index in [4.69, 9.17) is 16.7 Å². The number of Topliss-reactive ketones (excluding diaryl/α,β-unsaturated/α-hetero) is 1. The fourth-order valence-electron chi connectivity index (χ4n) is 1.15. The lowest BCUT2D eigenvalue weighted by atomic mass is 10.0. The Morgan fingerprint density at radius 2 is 2.00 bits per heavy atom. The van der Waals surface area contributed by atoms with Gasteiger partial charge in [0.2, 0.25) is 0 Å². The molecular weight excluding hydrogens is 312 g/mol. The van der Waals surface area contributed by atoms with Gasteiger partial charge in [0, 0.05) is 5.56 Å². The van der Waals surface area contributed by atoms with Crippen molar-refractivity contribution >= 4 is 33.3 Å². The van der Waals surface area contributed by atoms with Gasteiger partial charge < -0.3 is 5.11 Å². The number of hydrogen-bond donors (Lipinski definition) is 1. The predicted molar refractivity (Wildman–Crippen MR) is 56.2 cm³/mol. The summed E-state index contributed by atoms with van der Waals surface area (Å²) in [7, 11) is 0. The zero-order valence-corrected chi connectivity index (χ0v) is 9.95. The molecule has 0 fully saturated rings. The summed E-state index contributed by atoms with van der Waals surface area (Å²) in [6.07, 6.45) is -4.79. The number of phenols is 1. The summed E-state index contributed by atoms with van der Waals surface area (Å²) in [6, 6.07) is 1.85. The molecule has 0 amide bonds. The number of alkyl halides is 4. The first-order valence-electron chi connectivity index (χ1n) is 3.97. The van der Waals surface area contributed by atoms with Gasteiger partial charge in [-0.2, -0.15) is 13.2 Å². The number of carbonyl (C=O) groups is 1. The molecule has 1 N–H and O–H groups in total. The zero-order valence-electron chi connectivity index (χ0n) is 7.61. The summed E-state index contributed by atoms with van der Waals surface area (Å²) < 4.78 is 37.9. The number of ketones is 1.